The molecule has 20 heavy (non-hydrogen) atoms. The van der Waals surface area contributed by atoms with E-state index in [-0.39, 0.29) is 6.04 Å². The fourth-order valence-electron chi connectivity index (χ4n) is 2.73. The second-order valence-corrected chi connectivity index (χ2v) is 5.60. The number of rotatable bonds is 4. The first-order chi connectivity index (χ1) is 9.36. The number of aryl methyl sites for hydroxylation is 4. The molecule has 0 radical (unpaired) electrons. The van der Waals surface area contributed by atoms with Gasteiger partial charge in [0.2, 0.25) is 0 Å². The molecule has 0 bridgehead atoms. The van der Waals surface area contributed by atoms with Gasteiger partial charge in [-0.05, 0) is 40.2 Å². The molecule has 1 unspecified atom stereocenters. The summed E-state index contributed by atoms with van der Waals surface area (Å²) in [7, 11) is 0. The summed E-state index contributed by atoms with van der Waals surface area (Å²) in [5.74, 6) is 1.82. The number of hydrogen-bond acceptors (Lipinski definition) is 3. The summed E-state index contributed by atoms with van der Waals surface area (Å²) in [6, 6.07) is -0.133. The Morgan fingerprint density at radius 2 is 1.90 bits per heavy atom. The molecule has 2 rings (SSSR count). The lowest BCUT2D eigenvalue weighted by atomic mass is 9.99. The van der Waals surface area contributed by atoms with Gasteiger partial charge >= 0.3 is 0 Å². The second-order valence-electron chi connectivity index (χ2n) is 5.23. The Hall–Kier alpha value is -1.26. The molecule has 110 valence electrons. The van der Waals surface area contributed by atoms with Crippen molar-refractivity contribution >= 4 is 11.6 Å². The van der Waals surface area contributed by atoms with Crippen LogP contribution in [0.4, 0.5) is 0 Å². The zero-order valence-electron chi connectivity index (χ0n) is 12.7. The quantitative estimate of drug-likeness (QED) is 0.937. The van der Waals surface area contributed by atoms with Gasteiger partial charge in [0.15, 0.2) is 0 Å². The van der Waals surface area contributed by atoms with Crippen LogP contribution in [0.15, 0.2) is 4.42 Å². The van der Waals surface area contributed by atoms with Crippen LogP contribution in [0.1, 0.15) is 47.0 Å². The lowest BCUT2D eigenvalue weighted by Gasteiger charge is -2.14. The number of nitrogens with two attached hydrogens (primary N) is 1. The fourth-order valence-corrected chi connectivity index (χ4v) is 2.94. The first kappa shape index (κ1) is 15.1. The van der Waals surface area contributed by atoms with E-state index in [1.165, 1.54) is 0 Å². The van der Waals surface area contributed by atoms with Gasteiger partial charge < -0.3 is 10.2 Å². The third kappa shape index (κ3) is 2.50. The zero-order valence-corrected chi connectivity index (χ0v) is 13.5. The molecule has 2 aromatic rings. The van der Waals surface area contributed by atoms with Gasteiger partial charge in [0.25, 0.3) is 0 Å². The third-order valence-corrected chi connectivity index (χ3v) is 4.35. The number of nitrogens with zero attached hydrogens (tertiary/aromatic N) is 2. The van der Waals surface area contributed by atoms with Crippen molar-refractivity contribution in [2.45, 2.75) is 53.6 Å². The minimum absolute atomic E-state index is 0.133. The average molecular weight is 296 g/mol. The molecule has 0 aliphatic rings. The van der Waals surface area contributed by atoms with E-state index >= 15 is 0 Å². The monoisotopic (exact) mass is 295 g/mol. The molecule has 0 saturated heterocycles. The summed E-state index contributed by atoms with van der Waals surface area (Å²) in [6.45, 7) is 10.7. The molecule has 5 heteroatoms. The van der Waals surface area contributed by atoms with Crippen LogP contribution in [0.3, 0.4) is 0 Å². The van der Waals surface area contributed by atoms with Crippen molar-refractivity contribution in [1.82, 2.24) is 9.78 Å². The lowest BCUT2D eigenvalue weighted by molar-refractivity contribution is 0.494. The van der Waals surface area contributed by atoms with Crippen molar-refractivity contribution in [2.24, 2.45) is 5.73 Å². The topological polar surface area (TPSA) is 57.0 Å². The van der Waals surface area contributed by atoms with Crippen LogP contribution in [-0.2, 0) is 13.0 Å². The zero-order chi connectivity index (χ0) is 15.0. The standard InChI is InChI=1S/C15H22ClN3O/c1-6-19-13(15(16)9(3)18-19)7-12(17)14-8(2)10(4)20-11(14)5/h12H,6-7,17H2,1-5H3. The minimum Gasteiger partial charge on any atom is -0.466 e. The van der Waals surface area contributed by atoms with Crippen LogP contribution in [0.25, 0.3) is 0 Å². The van der Waals surface area contributed by atoms with E-state index < -0.39 is 0 Å². The van der Waals surface area contributed by atoms with Gasteiger partial charge in [0.1, 0.15) is 11.5 Å². The Labute approximate surface area is 124 Å². The normalized spacial score (nSPS) is 12.9. The Bertz CT molecular complexity index is 628. The maximum atomic E-state index is 6.38. The molecule has 0 aliphatic heterocycles. The fraction of sp³-hybridized carbons (Fsp3) is 0.533. The van der Waals surface area contributed by atoms with Crippen molar-refractivity contribution in [1.29, 1.82) is 0 Å². The first-order valence-electron chi connectivity index (χ1n) is 6.90. The van der Waals surface area contributed by atoms with Crippen molar-refractivity contribution in [2.75, 3.05) is 0 Å². The molecule has 0 spiro atoms. The van der Waals surface area contributed by atoms with Gasteiger partial charge in [0, 0.05) is 24.6 Å². The predicted molar refractivity (Wildman–Crippen MR) is 81.2 cm³/mol. The van der Waals surface area contributed by atoms with E-state index in [9.17, 15) is 0 Å². The molecular weight excluding hydrogens is 274 g/mol. The number of hydrogen-bond donors (Lipinski definition) is 1. The second kappa shape index (κ2) is 5.62. The molecular formula is C15H22ClN3O. The molecule has 4 nitrogen and oxygen atoms in total. The molecule has 2 N–H and O–H groups in total. The minimum atomic E-state index is -0.133. The predicted octanol–water partition coefficient (Wildman–Crippen LogP) is 3.63. The number of halogens is 1. The summed E-state index contributed by atoms with van der Waals surface area (Å²) in [5.41, 5.74) is 10.4. The Balaban J connectivity index is 2.35. The molecule has 0 saturated carbocycles. The van der Waals surface area contributed by atoms with E-state index in [1.54, 1.807) is 0 Å². The Morgan fingerprint density at radius 3 is 2.40 bits per heavy atom. The summed E-state index contributed by atoms with van der Waals surface area (Å²) in [5, 5.41) is 5.15. The smallest absolute Gasteiger partial charge is 0.106 e. The SMILES string of the molecule is CCn1nc(C)c(Cl)c1CC(N)c1c(C)oc(C)c1C. The highest BCUT2D eigenvalue weighted by molar-refractivity contribution is 6.31. The van der Waals surface area contributed by atoms with Gasteiger partial charge in [0.05, 0.1) is 16.4 Å². The van der Waals surface area contributed by atoms with Crippen LogP contribution >= 0.6 is 11.6 Å². The summed E-state index contributed by atoms with van der Waals surface area (Å²) in [6.07, 6.45) is 0.661. The lowest BCUT2D eigenvalue weighted by Crippen LogP contribution is -2.17. The number of aromatic nitrogens is 2. The first-order valence-corrected chi connectivity index (χ1v) is 7.28. The van der Waals surface area contributed by atoms with Crippen molar-refractivity contribution < 1.29 is 4.42 Å². The van der Waals surface area contributed by atoms with Gasteiger partial charge in [-0.1, -0.05) is 11.6 Å². The van der Waals surface area contributed by atoms with Crippen LogP contribution in [-0.4, -0.2) is 9.78 Å². The van der Waals surface area contributed by atoms with Crippen molar-refractivity contribution in [3.05, 3.63) is 39.1 Å². The molecule has 0 fully saturated rings. The van der Waals surface area contributed by atoms with Crippen LogP contribution in [0.5, 0.6) is 0 Å². The maximum Gasteiger partial charge on any atom is 0.106 e. The Morgan fingerprint density at radius 1 is 1.25 bits per heavy atom. The maximum absolute atomic E-state index is 6.38. The molecule has 0 aliphatic carbocycles. The largest absolute Gasteiger partial charge is 0.466 e. The van der Waals surface area contributed by atoms with E-state index in [1.807, 2.05) is 32.4 Å². The summed E-state index contributed by atoms with van der Waals surface area (Å²) < 4.78 is 7.59. The van der Waals surface area contributed by atoms with Gasteiger partial charge in [-0.3, -0.25) is 4.68 Å². The van der Waals surface area contributed by atoms with Crippen molar-refractivity contribution in [3.8, 4) is 0 Å². The third-order valence-electron chi connectivity index (χ3n) is 3.85. The van der Waals surface area contributed by atoms with Crippen LogP contribution in [0.2, 0.25) is 5.02 Å². The Kier molecular flexibility index (Phi) is 4.25. The highest BCUT2D eigenvalue weighted by Crippen LogP contribution is 2.30. The van der Waals surface area contributed by atoms with Gasteiger partial charge in [-0.25, -0.2) is 0 Å². The van der Waals surface area contributed by atoms with Gasteiger partial charge in [-0.2, -0.15) is 5.10 Å². The van der Waals surface area contributed by atoms with Crippen LogP contribution in [0, 0.1) is 27.7 Å². The highest BCUT2D eigenvalue weighted by Gasteiger charge is 2.22. The molecule has 0 amide bonds. The molecule has 2 aromatic heterocycles. The van der Waals surface area contributed by atoms with Gasteiger partial charge in [-0.15, -0.1) is 0 Å². The van der Waals surface area contributed by atoms with E-state index in [2.05, 4.69) is 12.0 Å². The van der Waals surface area contributed by atoms with Crippen LogP contribution < -0.4 is 5.73 Å². The summed E-state index contributed by atoms with van der Waals surface area (Å²) >= 11 is 6.35. The molecule has 0 aromatic carbocycles. The molecule has 2 heterocycles. The molecule has 1 atom stereocenters. The van der Waals surface area contributed by atoms with E-state index in [4.69, 9.17) is 21.8 Å². The van der Waals surface area contributed by atoms with E-state index in [0.29, 0.717) is 6.42 Å². The average Bonchev–Trinajstić information content (AvgIpc) is 2.80. The highest BCUT2D eigenvalue weighted by atomic mass is 35.5. The number of furan rings is 1. The van der Waals surface area contributed by atoms with Crippen molar-refractivity contribution in [3.63, 3.8) is 0 Å². The summed E-state index contributed by atoms with van der Waals surface area (Å²) in [4.78, 5) is 0. The van der Waals surface area contributed by atoms with E-state index in [0.717, 1.165) is 45.6 Å².